The Hall–Kier alpha value is -3.15. The lowest BCUT2D eigenvalue weighted by atomic mass is 10.2. The van der Waals surface area contributed by atoms with Crippen LogP contribution in [0.15, 0.2) is 51.5 Å². The number of carbonyl (C=O) groups is 2. The van der Waals surface area contributed by atoms with Gasteiger partial charge in [-0.1, -0.05) is 23.4 Å². The first-order valence-corrected chi connectivity index (χ1v) is 10.7. The van der Waals surface area contributed by atoms with Crippen molar-refractivity contribution >= 4 is 51.6 Å². The average Bonchev–Trinajstić information content (AvgIpc) is 3.47. The van der Waals surface area contributed by atoms with Crippen molar-refractivity contribution in [3.05, 3.63) is 52.6 Å². The number of rotatable bonds is 7. The largest absolute Gasteiger partial charge is 0.411 e. The van der Waals surface area contributed by atoms with Gasteiger partial charge in [-0.3, -0.25) is 9.59 Å². The Balaban J connectivity index is 1.32. The van der Waals surface area contributed by atoms with Crippen molar-refractivity contribution in [2.75, 3.05) is 11.1 Å². The van der Waals surface area contributed by atoms with E-state index in [2.05, 4.69) is 25.5 Å². The predicted octanol–water partition coefficient (Wildman–Crippen LogP) is 3.67. The van der Waals surface area contributed by atoms with Gasteiger partial charge in [0.2, 0.25) is 11.8 Å². The molecular weight excluding hydrogens is 448 g/mol. The van der Waals surface area contributed by atoms with Crippen molar-refractivity contribution < 1.29 is 14.0 Å². The van der Waals surface area contributed by atoms with E-state index in [1.54, 1.807) is 41.9 Å². The maximum absolute atomic E-state index is 12.2. The monoisotopic (exact) mass is 460 g/mol. The SMILES string of the molecule is NC(=O)c1cc(-c2csc(NC(=O)CSc3nnc(-c4ccc(Cl)cc4)o3)n2)c[nH]1. The molecule has 3 heterocycles. The molecule has 1 aromatic carbocycles. The lowest BCUT2D eigenvalue weighted by Gasteiger charge is -1.99. The first kappa shape index (κ1) is 20.1. The molecule has 9 nitrogen and oxygen atoms in total. The Kier molecular flexibility index (Phi) is 5.84. The summed E-state index contributed by atoms with van der Waals surface area (Å²) in [5.74, 6) is -0.394. The van der Waals surface area contributed by atoms with Crippen molar-refractivity contribution in [1.29, 1.82) is 0 Å². The molecule has 0 bridgehead atoms. The van der Waals surface area contributed by atoms with Gasteiger partial charge in [0.25, 0.3) is 11.1 Å². The zero-order valence-corrected chi connectivity index (χ0v) is 17.5. The number of carbonyl (C=O) groups excluding carboxylic acids is 2. The van der Waals surface area contributed by atoms with Crippen molar-refractivity contribution in [3.63, 3.8) is 0 Å². The van der Waals surface area contributed by atoms with Gasteiger partial charge in [-0.25, -0.2) is 4.98 Å². The van der Waals surface area contributed by atoms with Crippen LogP contribution < -0.4 is 11.1 Å². The van der Waals surface area contributed by atoms with E-state index in [4.69, 9.17) is 21.8 Å². The van der Waals surface area contributed by atoms with Crippen LogP contribution in [-0.4, -0.2) is 37.7 Å². The lowest BCUT2D eigenvalue weighted by molar-refractivity contribution is -0.113. The molecule has 30 heavy (non-hydrogen) atoms. The lowest BCUT2D eigenvalue weighted by Crippen LogP contribution is -2.13. The van der Waals surface area contributed by atoms with E-state index < -0.39 is 5.91 Å². The normalized spacial score (nSPS) is 10.8. The summed E-state index contributed by atoms with van der Waals surface area (Å²) in [4.78, 5) is 30.5. The number of primary amides is 1. The summed E-state index contributed by atoms with van der Waals surface area (Å²) < 4.78 is 5.56. The van der Waals surface area contributed by atoms with Crippen molar-refractivity contribution in [2.45, 2.75) is 5.22 Å². The quantitative estimate of drug-likeness (QED) is 0.357. The third kappa shape index (κ3) is 4.70. The molecule has 12 heteroatoms. The second kappa shape index (κ2) is 8.69. The zero-order valence-electron chi connectivity index (χ0n) is 15.1. The molecule has 0 unspecified atom stereocenters. The summed E-state index contributed by atoms with van der Waals surface area (Å²) >= 11 is 8.25. The van der Waals surface area contributed by atoms with Crippen LogP contribution in [0.1, 0.15) is 10.5 Å². The van der Waals surface area contributed by atoms with E-state index in [9.17, 15) is 9.59 Å². The number of amides is 2. The summed E-state index contributed by atoms with van der Waals surface area (Å²) in [6, 6.07) is 8.60. The Labute approximate surface area is 183 Å². The number of thioether (sulfide) groups is 1. The maximum Gasteiger partial charge on any atom is 0.277 e. The molecule has 0 atom stereocenters. The van der Waals surface area contributed by atoms with E-state index >= 15 is 0 Å². The number of anilines is 1. The van der Waals surface area contributed by atoms with Gasteiger partial charge in [0, 0.05) is 27.7 Å². The topological polar surface area (TPSA) is 140 Å². The molecule has 0 aliphatic rings. The van der Waals surface area contributed by atoms with E-state index in [-0.39, 0.29) is 22.6 Å². The standard InChI is InChI=1S/C18H13ClN6O3S2/c19-11-3-1-9(2-4-11)16-24-25-18(28-16)30-8-14(26)23-17-22-13(7-29-17)10-5-12(15(20)27)21-6-10/h1-7,21H,8H2,(H2,20,27)(H,22,23,26). The van der Waals surface area contributed by atoms with Gasteiger partial charge in [0.15, 0.2) is 5.13 Å². The molecule has 0 saturated heterocycles. The molecule has 0 radical (unpaired) electrons. The van der Waals surface area contributed by atoms with Crippen LogP contribution in [0.3, 0.4) is 0 Å². The highest BCUT2D eigenvalue weighted by molar-refractivity contribution is 7.99. The van der Waals surface area contributed by atoms with Gasteiger partial charge in [-0.05, 0) is 30.3 Å². The Morgan fingerprint density at radius 1 is 1.23 bits per heavy atom. The number of nitrogens with two attached hydrogens (primary N) is 1. The van der Waals surface area contributed by atoms with Crippen molar-refractivity contribution in [3.8, 4) is 22.7 Å². The molecule has 2 amide bonds. The fraction of sp³-hybridized carbons (Fsp3) is 0.0556. The van der Waals surface area contributed by atoms with Crippen LogP contribution in [0.25, 0.3) is 22.7 Å². The highest BCUT2D eigenvalue weighted by Crippen LogP contribution is 2.27. The number of nitrogens with zero attached hydrogens (tertiary/aromatic N) is 3. The summed E-state index contributed by atoms with van der Waals surface area (Å²) in [6.45, 7) is 0. The van der Waals surface area contributed by atoms with Crippen LogP contribution in [0, 0.1) is 0 Å². The fourth-order valence-corrected chi connectivity index (χ4v) is 3.83. The zero-order chi connectivity index (χ0) is 21.1. The second-order valence-corrected chi connectivity index (χ2v) is 8.14. The number of hydrogen-bond acceptors (Lipinski definition) is 8. The third-order valence-corrected chi connectivity index (χ3v) is 5.65. The summed E-state index contributed by atoms with van der Waals surface area (Å²) in [7, 11) is 0. The minimum atomic E-state index is -0.553. The van der Waals surface area contributed by atoms with Crippen molar-refractivity contribution in [1.82, 2.24) is 20.2 Å². The van der Waals surface area contributed by atoms with E-state index in [0.29, 0.717) is 27.3 Å². The van der Waals surface area contributed by atoms with E-state index in [1.807, 2.05) is 0 Å². The van der Waals surface area contributed by atoms with Gasteiger partial charge in [0.05, 0.1) is 11.4 Å². The summed E-state index contributed by atoms with van der Waals surface area (Å²) in [5, 5.41) is 13.7. The molecular formula is C18H13ClN6O3S2. The molecule has 0 saturated carbocycles. The van der Waals surface area contributed by atoms with Crippen LogP contribution >= 0.6 is 34.7 Å². The van der Waals surface area contributed by atoms with Crippen LogP contribution in [0.2, 0.25) is 5.02 Å². The first-order valence-electron chi connectivity index (χ1n) is 8.44. The molecule has 0 spiro atoms. The van der Waals surface area contributed by atoms with E-state index in [0.717, 1.165) is 17.3 Å². The van der Waals surface area contributed by atoms with Crippen LogP contribution in [0.4, 0.5) is 5.13 Å². The number of H-pyrrole nitrogens is 1. The molecule has 4 aromatic rings. The Morgan fingerprint density at radius 2 is 2.03 bits per heavy atom. The number of aromatic amines is 1. The van der Waals surface area contributed by atoms with Gasteiger partial charge in [-0.2, -0.15) is 0 Å². The third-order valence-electron chi connectivity index (χ3n) is 3.82. The molecule has 0 aliphatic heterocycles. The number of nitrogens with one attached hydrogen (secondary N) is 2. The minimum absolute atomic E-state index is 0.0765. The highest BCUT2D eigenvalue weighted by atomic mass is 35.5. The number of hydrogen-bond donors (Lipinski definition) is 3. The summed E-state index contributed by atoms with van der Waals surface area (Å²) in [6.07, 6.45) is 1.63. The Morgan fingerprint density at radius 3 is 2.77 bits per heavy atom. The molecule has 0 aliphatic carbocycles. The van der Waals surface area contributed by atoms with Gasteiger partial charge in [-0.15, -0.1) is 21.5 Å². The first-order chi connectivity index (χ1) is 14.5. The van der Waals surface area contributed by atoms with Crippen LogP contribution in [0.5, 0.6) is 0 Å². The minimum Gasteiger partial charge on any atom is -0.411 e. The van der Waals surface area contributed by atoms with E-state index in [1.165, 1.54) is 11.3 Å². The van der Waals surface area contributed by atoms with Crippen molar-refractivity contribution in [2.24, 2.45) is 5.73 Å². The van der Waals surface area contributed by atoms with Gasteiger partial charge >= 0.3 is 0 Å². The smallest absolute Gasteiger partial charge is 0.277 e. The second-order valence-electron chi connectivity index (χ2n) is 5.92. The number of thiazole rings is 1. The maximum atomic E-state index is 12.2. The molecule has 4 rings (SSSR count). The molecule has 4 N–H and O–H groups in total. The molecule has 0 fully saturated rings. The average molecular weight is 461 g/mol. The highest BCUT2D eigenvalue weighted by Gasteiger charge is 2.14. The molecule has 3 aromatic heterocycles. The van der Waals surface area contributed by atoms with Crippen LogP contribution in [-0.2, 0) is 4.79 Å². The number of benzene rings is 1. The number of halogens is 1. The predicted molar refractivity (Wildman–Crippen MR) is 115 cm³/mol. The number of aromatic nitrogens is 4. The fourth-order valence-electron chi connectivity index (χ4n) is 2.41. The molecule has 152 valence electrons. The summed E-state index contributed by atoms with van der Waals surface area (Å²) in [5.41, 5.74) is 7.58. The Bertz CT molecular complexity index is 1200. The van der Waals surface area contributed by atoms with Gasteiger partial charge in [0.1, 0.15) is 5.69 Å². The van der Waals surface area contributed by atoms with Gasteiger partial charge < -0.3 is 20.5 Å².